The fourth-order valence-electron chi connectivity index (χ4n) is 1.31. The molecule has 5 heteroatoms. The minimum Gasteiger partial charge on any atom is -0.381 e. The Bertz CT molecular complexity index is 168. The zero-order valence-electron chi connectivity index (χ0n) is 10.3. The van der Waals surface area contributed by atoms with E-state index in [1.807, 2.05) is 6.92 Å². The van der Waals surface area contributed by atoms with Crippen LogP contribution in [-0.2, 0) is 9.53 Å². The van der Waals surface area contributed by atoms with Crippen LogP contribution in [0.5, 0.6) is 0 Å². The lowest BCUT2D eigenvalue weighted by atomic mass is 10.1. The second kappa shape index (κ2) is 12.7. The van der Waals surface area contributed by atoms with Gasteiger partial charge in [-0.3, -0.25) is 4.79 Å². The first-order valence-electron chi connectivity index (χ1n) is 5.81. The lowest BCUT2D eigenvalue weighted by Gasteiger charge is -2.16. The van der Waals surface area contributed by atoms with E-state index < -0.39 is 0 Å². The van der Waals surface area contributed by atoms with Crippen molar-refractivity contribution in [2.75, 3.05) is 19.8 Å². The smallest absolute Gasteiger partial charge is 0.222 e. The van der Waals surface area contributed by atoms with E-state index in [2.05, 4.69) is 12.2 Å². The van der Waals surface area contributed by atoms with Crippen LogP contribution in [0.3, 0.4) is 0 Å². The summed E-state index contributed by atoms with van der Waals surface area (Å²) in [4.78, 5) is 11.4. The van der Waals surface area contributed by atoms with E-state index in [4.69, 9.17) is 10.5 Å². The molecule has 0 rings (SSSR count). The molecule has 0 bridgehead atoms. The summed E-state index contributed by atoms with van der Waals surface area (Å²) in [6.45, 7) is 5.71. The molecule has 0 radical (unpaired) electrons. The molecule has 0 saturated heterocycles. The van der Waals surface area contributed by atoms with E-state index >= 15 is 0 Å². The predicted molar refractivity (Wildman–Crippen MR) is 68.9 cm³/mol. The molecular weight excluding hydrogens is 228 g/mol. The third-order valence-electron chi connectivity index (χ3n) is 2.23. The number of halogens is 1. The Balaban J connectivity index is 0. The average molecular weight is 253 g/mol. The third kappa shape index (κ3) is 10.2. The van der Waals surface area contributed by atoms with E-state index in [1.165, 1.54) is 0 Å². The second-order valence-electron chi connectivity index (χ2n) is 3.59. The number of ether oxygens (including phenoxy) is 1. The van der Waals surface area contributed by atoms with Crippen LogP contribution in [-0.4, -0.2) is 31.7 Å². The molecule has 0 aliphatic rings. The van der Waals surface area contributed by atoms with Gasteiger partial charge in [-0.15, -0.1) is 12.4 Å². The molecule has 0 aliphatic carbocycles. The molecule has 0 spiro atoms. The molecule has 0 aromatic heterocycles. The third-order valence-corrected chi connectivity index (χ3v) is 2.23. The zero-order chi connectivity index (χ0) is 11.5. The highest BCUT2D eigenvalue weighted by Gasteiger charge is 2.09. The fraction of sp³-hybridized carbons (Fsp3) is 0.909. The maximum absolute atomic E-state index is 11.4. The SMILES string of the molecule is CCCCC(CN)NC(=O)CCOCC.Cl. The Morgan fingerprint density at radius 1 is 1.44 bits per heavy atom. The van der Waals surface area contributed by atoms with Gasteiger partial charge in [-0.1, -0.05) is 19.8 Å². The van der Waals surface area contributed by atoms with Gasteiger partial charge >= 0.3 is 0 Å². The summed E-state index contributed by atoms with van der Waals surface area (Å²) in [6.07, 6.45) is 3.63. The number of hydrogen-bond donors (Lipinski definition) is 2. The topological polar surface area (TPSA) is 64.3 Å². The van der Waals surface area contributed by atoms with E-state index in [9.17, 15) is 4.79 Å². The quantitative estimate of drug-likeness (QED) is 0.611. The van der Waals surface area contributed by atoms with E-state index in [0.717, 1.165) is 19.3 Å². The van der Waals surface area contributed by atoms with Crippen molar-refractivity contribution in [3.05, 3.63) is 0 Å². The normalized spacial score (nSPS) is 11.7. The molecule has 4 nitrogen and oxygen atoms in total. The van der Waals surface area contributed by atoms with Gasteiger partial charge in [0.1, 0.15) is 0 Å². The maximum Gasteiger partial charge on any atom is 0.222 e. The molecule has 1 unspecified atom stereocenters. The molecule has 98 valence electrons. The molecule has 1 atom stereocenters. The van der Waals surface area contributed by atoms with Crippen LogP contribution in [0.15, 0.2) is 0 Å². The first-order valence-corrected chi connectivity index (χ1v) is 5.81. The van der Waals surface area contributed by atoms with E-state index in [1.54, 1.807) is 0 Å². The van der Waals surface area contributed by atoms with Gasteiger partial charge in [0.05, 0.1) is 6.61 Å². The Kier molecular flexibility index (Phi) is 14.4. The van der Waals surface area contributed by atoms with Crippen LogP contribution in [0.1, 0.15) is 39.5 Å². The Morgan fingerprint density at radius 2 is 2.12 bits per heavy atom. The summed E-state index contributed by atoms with van der Waals surface area (Å²) in [7, 11) is 0. The fourth-order valence-corrected chi connectivity index (χ4v) is 1.31. The predicted octanol–water partition coefficient (Wildman–Crippen LogP) is 1.47. The lowest BCUT2D eigenvalue weighted by Crippen LogP contribution is -2.40. The molecule has 16 heavy (non-hydrogen) atoms. The van der Waals surface area contributed by atoms with Gasteiger partial charge in [-0.25, -0.2) is 0 Å². The second-order valence-corrected chi connectivity index (χ2v) is 3.59. The van der Waals surface area contributed by atoms with Crippen molar-refractivity contribution in [3.63, 3.8) is 0 Å². The van der Waals surface area contributed by atoms with Crippen LogP contribution < -0.4 is 11.1 Å². The van der Waals surface area contributed by atoms with Crippen LogP contribution in [0.4, 0.5) is 0 Å². The maximum atomic E-state index is 11.4. The van der Waals surface area contributed by atoms with Crippen molar-refractivity contribution in [2.45, 2.75) is 45.6 Å². The van der Waals surface area contributed by atoms with Gasteiger partial charge in [0.25, 0.3) is 0 Å². The number of amides is 1. The monoisotopic (exact) mass is 252 g/mol. The molecular formula is C11H25ClN2O2. The van der Waals surface area contributed by atoms with Crippen LogP contribution >= 0.6 is 12.4 Å². The molecule has 3 N–H and O–H groups in total. The first kappa shape index (κ1) is 18.1. The molecule has 0 aromatic rings. The minimum atomic E-state index is 0. The lowest BCUT2D eigenvalue weighted by molar-refractivity contribution is -0.122. The first-order chi connectivity index (χ1) is 7.24. The Hall–Kier alpha value is -0.320. The highest BCUT2D eigenvalue weighted by atomic mass is 35.5. The van der Waals surface area contributed by atoms with Crippen molar-refractivity contribution >= 4 is 18.3 Å². The van der Waals surface area contributed by atoms with Crippen molar-refractivity contribution < 1.29 is 9.53 Å². The number of nitrogens with one attached hydrogen (secondary N) is 1. The van der Waals surface area contributed by atoms with Crippen molar-refractivity contribution in [1.82, 2.24) is 5.32 Å². The molecule has 1 amide bonds. The molecule has 0 aliphatic heterocycles. The Labute approximate surface area is 105 Å². The molecule has 0 saturated carbocycles. The summed E-state index contributed by atoms with van der Waals surface area (Å²) < 4.78 is 5.11. The number of rotatable bonds is 9. The summed E-state index contributed by atoms with van der Waals surface area (Å²) >= 11 is 0. The molecule has 0 heterocycles. The number of unbranched alkanes of at least 4 members (excludes halogenated alkanes) is 1. The van der Waals surface area contributed by atoms with Gasteiger partial charge in [0, 0.05) is 25.6 Å². The van der Waals surface area contributed by atoms with E-state index in [-0.39, 0.29) is 24.4 Å². The largest absolute Gasteiger partial charge is 0.381 e. The van der Waals surface area contributed by atoms with Crippen LogP contribution in [0.25, 0.3) is 0 Å². The highest BCUT2D eigenvalue weighted by molar-refractivity contribution is 5.85. The van der Waals surface area contributed by atoms with Crippen molar-refractivity contribution in [3.8, 4) is 0 Å². The van der Waals surface area contributed by atoms with Gasteiger partial charge in [0.2, 0.25) is 5.91 Å². The average Bonchev–Trinajstić information content (AvgIpc) is 2.24. The number of hydrogen-bond acceptors (Lipinski definition) is 3. The number of carbonyl (C=O) groups excluding carboxylic acids is 1. The highest BCUT2D eigenvalue weighted by Crippen LogP contribution is 1.99. The summed E-state index contributed by atoms with van der Waals surface area (Å²) in [6, 6.07) is 0.124. The molecule has 0 fully saturated rings. The number of nitrogens with two attached hydrogens (primary N) is 1. The standard InChI is InChI=1S/C11H24N2O2.ClH/c1-3-5-6-10(9-12)13-11(14)7-8-15-4-2;/h10H,3-9,12H2,1-2H3,(H,13,14);1H. The van der Waals surface area contributed by atoms with E-state index in [0.29, 0.717) is 26.2 Å². The van der Waals surface area contributed by atoms with Gasteiger partial charge in [0.15, 0.2) is 0 Å². The van der Waals surface area contributed by atoms with Gasteiger partial charge in [-0.2, -0.15) is 0 Å². The van der Waals surface area contributed by atoms with Crippen molar-refractivity contribution in [1.29, 1.82) is 0 Å². The minimum absolute atomic E-state index is 0. The summed E-state index contributed by atoms with van der Waals surface area (Å²) in [5, 5.41) is 2.92. The number of carbonyl (C=O) groups is 1. The van der Waals surface area contributed by atoms with Crippen LogP contribution in [0, 0.1) is 0 Å². The Morgan fingerprint density at radius 3 is 2.62 bits per heavy atom. The van der Waals surface area contributed by atoms with Crippen molar-refractivity contribution in [2.24, 2.45) is 5.73 Å². The summed E-state index contributed by atoms with van der Waals surface area (Å²) in [5.41, 5.74) is 5.57. The molecule has 0 aromatic carbocycles. The van der Waals surface area contributed by atoms with Crippen LogP contribution in [0.2, 0.25) is 0 Å². The van der Waals surface area contributed by atoms with Gasteiger partial charge < -0.3 is 15.8 Å². The zero-order valence-corrected chi connectivity index (χ0v) is 11.1. The summed E-state index contributed by atoms with van der Waals surface area (Å²) in [5.74, 6) is 0.0370. The van der Waals surface area contributed by atoms with Gasteiger partial charge in [-0.05, 0) is 13.3 Å².